The van der Waals surface area contributed by atoms with Crippen molar-refractivity contribution in [3.05, 3.63) is 47.6 Å². The van der Waals surface area contributed by atoms with Gasteiger partial charge < -0.3 is 15.0 Å². The number of aryl methyl sites for hydroxylation is 1. The largest absolute Gasteiger partial charge is 0.461 e. The normalized spacial score (nSPS) is 17.7. The van der Waals surface area contributed by atoms with Crippen LogP contribution >= 0.6 is 0 Å². The summed E-state index contributed by atoms with van der Waals surface area (Å²) < 4.78 is 10.7. The van der Waals surface area contributed by atoms with Crippen LogP contribution in [0.4, 0.5) is 0 Å². The number of ether oxygens (including phenoxy) is 1. The molecule has 3 rings (SSSR count). The number of nitrogens with zero attached hydrogens (tertiary/aromatic N) is 3. The molecule has 0 amide bonds. The first kappa shape index (κ1) is 15.5. The van der Waals surface area contributed by atoms with E-state index in [4.69, 9.17) is 15.0 Å². The molecule has 6 nitrogen and oxygen atoms in total. The summed E-state index contributed by atoms with van der Waals surface area (Å²) in [7, 11) is 0. The number of hydrogen-bond acceptors (Lipinski definition) is 5. The molecule has 6 heteroatoms. The zero-order chi connectivity index (χ0) is 16.3. The lowest BCUT2D eigenvalue weighted by molar-refractivity contribution is 0.273. The van der Waals surface area contributed by atoms with E-state index in [-0.39, 0.29) is 6.02 Å². The van der Waals surface area contributed by atoms with E-state index < -0.39 is 5.54 Å². The molecule has 1 aliphatic rings. The van der Waals surface area contributed by atoms with Crippen molar-refractivity contribution in [3.8, 4) is 0 Å². The highest BCUT2D eigenvalue weighted by Crippen LogP contribution is 2.42. The molecule has 1 heterocycles. The third-order valence-corrected chi connectivity index (χ3v) is 3.98. The molecule has 23 heavy (non-hydrogen) atoms. The van der Waals surface area contributed by atoms with Crippen LogP contribution < -0.4 is 5.73 Å². The molecule has 122 valence electrons. The van der Waals surface area contributed by atoms with Crippen LogP contribution in [-0.2, 0) is 16.9 Å². The van der Waals surface area contributed by atoms with Gasteiger partial charge in [-0.1, -0.05) is 48.3 Å². The van der Waals surface area contributed by atoms with Crippen LogP contribution in [0.15, 0.2) is 39.8 Å². The maximum absolute atomic E-state index is 5.99. The molecule has 0 aliphatic heterocycles. The van der Waals surface area contributed by atoms with Gasteiger partial charge in [0.25, 0.3) is 6.02 Å². The van der Waals surface area contributed by atoms with Gasteiger partial charge in [0.1, 0.15) is 12.1 Å². The molecule has 1 fully saturated rings. The Bertz CT molecular complexity index is 679. The summed E-state index contributed by atoms with van der Waals surface area (Å²) in [6.07, 6.45) is 3.28. The number of aliphatic imine (C=N–C) groups is 1. The van der Waals surface area contributed by atoms with Crippen molar-refractivity contribution in [2.45, 2.75) is 45.3 Å². The van der Waals surface area contributed by atoms with Crippen LogP contribution in [0.25, 0.3) is 0 Å². The molecule has 2 aromatic rings. The Kier molecular flexibility index (Phi) is 4.32. The van der Waals surface area contributed by atoms with Crippen LogP contribution in [0.1, 0.15) is 43.5 Å². The quantitative estimate of drug-likeness (QED) is 0.654. The maximum Gasteiger partial charge on any atom is 0.283 e. The number of aromatic nitrogens is 2. The first-order valence-corrected chi connectivity index (χ1v) is 7.88. The van der Waals surface area contributed by atoms with Crippen molar-refractivity contribution in [1.29, 1.82) is 0 Å². The Morgan fingerprint density at radius 3 is 2.74 bits per heavy atom. The lowest BCUT2D eigenvalue weighted by Crippen LogP contribution is -2.28. The molecule has 0 spiro atoms. The standard InChI is InChI=1S/C17H22N4O2/c1-12-19-15(21-23-12)17(2,10-13-8-9-13)20-16(18)22-11-14-6-4-3-5-7-14/h3-7,13H,8-11H2,1-2H3,(H2,18,20). The van der Waals surface area contributed by atoms with Crippen LogP contribution in [-0.4, -0.2) is 16.2 Å². The fourth-order valence-corrected chi connectivity index (χ4v) is 2.60. The average molecular weight is 314 g/mol. The Labute approximate surface area is 135 Å². The van der Waals surface area contributed by atoms with Crippen molar-refractivity contribution in [1.82, 2.24) is 10.1 Å². The zero-order valence-corrected chi connectivity index (χ0v) is 13.5. The summed E-state index contributed by atoms with van der Waals surface area (Å²) in [6, 6.07) is 10.0. The fraction of sp³-hybridized carbons (Fsp3) is 0.471. The lowest BCUT2D eigenvalue weighted by atomic mass is 9.95. The van der Waals surface area contributed by atoms with Gasteiger partial charge >= 0.3 is 0 Å². The summed E-state index contributed by atoms with van der Waals surface area (Å²) in [5.41, 5.74) is 6.42. The average Bonchev–Trinajstić information content (AvgIpc) is 3.22. The molecule has 1 saturated carbocycles. The van der Waals surface area contributed by atoms with E-state index in [9.17, 15) is 0 Å². The topological polar surface area (TPSA) is 86.5 Å². The first-order chi connectivity index (χ1) is 11.0. The second-order valence-corrected chi connectivity index (χ2v) is 6.28. The predicted octanol–water partition coefficient (Wildman–Crippen LogP) is 2.92. The van der Waals surface area contributed by atoms with E-state index in [0.29, 0.717) is 24.2 Å². The third-order valence-electron chi connectivity index (χ3n) is 3.98. The molecule has 1 unspecified atom stereocenters. The van der Waals surface area contributed by atoms with Gasteiger partial charge in [0, 0.05) is 6.92 Å². The molecule has 1 aromatic heterocycles. The van der Waals surface area contributed by atoms with Crippen LogP contribution in [0.5, 0.6) is 0 Å². The maximum atomic E-state index is 5.99. The molecule has 0 bridgehead atoms. The van der Waals surface area contributed by atoms with Gasteiger partial charge in [0.15, 0.2) is 5.82 Å². The molecule has 0 radical (unpaired) electrons. The number of amidine groups is 1. The Morgan fingerprint density at radius 2 is 2.13 bits per heavy atom. The van der Waals surface area contributed by atoms with Gasteiger partial charge in [0.05, 0.1) is 0 Å². The summed E-state index contributed by atoms with van der Waals surface area (Å²) in [5.74, 6) is 1.73. The Morgan fingerprint density at radius 1 is 1.39 bits per heavy atom. The van der Waals surface area contributed by atoms with Gasteiger partial charge in [-0.15, -0.1) is 0 Å². The Balaban J connectivity index is 1.73. The molecule has 0 saturated heterocycles. The zero-order valence-electron chi connectivity index (χ0n) is 13.5. The number of benzene rings is 1. The number of hydrogen-bond donors (Lipinski definition) is 1. The van der Waals surface area contributed by atoms with E-state index in [2.05, 4.69) is 15.1 Å². The lowest BCUT2D eigenvalue weighted by Gasteiger charge is -2.22. The number of nitrogens with two attached hydrogens (primary N) is 1. The number of rotatable bonds is 6. The van der Waals surface area contributed by atoms with Crippen LogP contribution in [0.3, 0.4) is 0 Å². The molecule has 1 aromatic carbocycles. The minimum absolute atomic E-state index is 0.152. The Hall–Kier alpha value is -2.37. The summed E-state index contributed by atoms with van der Waals surface area (Å²) in [5, 5.41) is 4.04. The second kappa shape index (κ2) is 6.40. The van der Waals surface area contributed by atoms with Crippen molar-refractivity contribution >= 4 is 6.02 Å². The second-order valence-electron chi connectivity index (χ2n) is 6.28. The smallest absolute Gasteiger partial charge is 0.283 e. The van der Waals surface area contributed by atoms with Crippen molar-refractivity contribution < 1.29 is 9.26 Å². The molecular weight excluding hydrogens is 292 g/mol. The minimum Gasteiger partial charge on any atom is -0.461 e. The third kappa shape index (κ3) is 4.09. The van der Waals surface area contributed by atoms with E-state index >= 15 is 0 Å². The summed E-state index contributed by atoms with van der Waals surface area (Å²) in [6.45, 7) is 4.14. The fourth-order valence-electron chi connectivity index (χ4n) is 2.60. The first-order valence-electron chi connectivity index (χ1n) is 7.88. The minimum atomic E-state index is -0.611. The molecular formula is C17H22N4O2. The van der Waals surface area contributed by atoms with E-state index in [1.807, 2.05) is 37.3 Å². The highest BCUT2D eigenvalue weighted by atomic mass is 16.5. The van der Waals surface area contributed by atoms with Gasteiger partial charge in [-0.3, -0.25) is 0 Å². The highest BCUT2D eigenvalue weighted by molar-refractivity contribution is 5.72. The van der Waals surface area contributed by atoms with Gasteiger partial charge in [-0.05, 0) is 24.8 Å². The summed E-state index contributed by atoms with van der Waals surface area (Å²) >= 11 is 0. The SMILES string of the molecule is Cc1nc(C(C)(CC2CC2)N=C(N)OCc2ccccc2)no1. The highest BCUT2D eigenvalue weighted by Gasteiger charge is 2.38. The molecule has 2 N–H and O–H groups in total. The van der Waals surface area contributed by atoms with Crippen LogP contribution in [0.2, 0.25) is 0 Å². The van der Waals surface area contributed by atoms with Gasteiger partial charge in [-0.25, -0.2) is 4.99 Å². The van der Waals surface area contributed by atoms with Crippen molar-refractivity contribution in [2.24, 2.45) is 16.6 Å². The van der Waals surface area contributed by atoms with E-state index in [1.54, 1.807) is 6.92 Å². The van der Waals surface area contributed by atoms with E-state index in [1.165, 1.54) is 12.8 Å². The van der Waals surface area contributed by atoms with E-state index in [0.717, 1.165) is 12.0 Å². The predicted molar refractivity (Wildman–Crippen MR) is 86.6 cm³/mol. The van der Waals surface area contributed by atoms with Gasteiger partial charge in [-0.2, -0.15) is 4.98 Å². The summed E-state index contributed by atoms with van der Waals surface area (Å²) in [4.78, 5) is 8.91. The van der Waals surface area contributed by atoms with Crippen molar-refractivity contribution in [2.75, 3.05) is 0 Å². The molecule has 1 atom stereocenters. The monoisotopic (exact) mass is 314 g/mol. The van der Waals surface area contributed by atoms with Crippen LogP contribution in [0, 0.1) is 12.8 Å². The molecule has 1 aliphatic carbocycles. The van der Waals surface area contributed by atoms with Crippen molar-refractivity contribution in [3.63, 3.8) is 0 Å². The van der Waals surface area contributed by atoms with Gasteiger partial charge in [0.2, 0.25) is 5.89 Å².